The molecule has 0 spiro atoms. The van der Waals surface area contributed by atoms with Crippen molar-refractivity contribution in [2.24, 2.45) is 5.73 Å². The molecule has 2 N–H and O–H groups in total. The predicted molar refractivity (Wildman–Crippen MR) is 87.7 cm³/mol. The maximum absolute atomic E-state index is 5.90. The van der Waals surface area contributed by atoms with Crippen molar-refractivity contribution in [3.63, 3.8) is 0 Å². The Balaban J connectivity index is 2.61. The third kappa shape index (κ3) is 5.28. The molecule has 0 atom stereocenters. The highest BCUT2D eigenvalue weighted by Gasteiger charge is 2.27. The molecule has 108 valence electrons. The van der Waals surface area contributed by atoms with Crippen LogP contribution in [0.5, 0.6) is 5.75 Å². The monoisotopic (exact) mass is 377 g/mol. The van der Waals surface area contributed by atoms with Crippen molar-refractivity contribution in [1.29, 1.82) is 0 Å². The molecule has 0 bridgehead atoms. The smallest absolute Gasteiger partial charge is 0.119 e. The topological polar surface area (TPSA) is 44.5 Å². The fourth-order valence-electron chi connectivity index (χ4n) is 1.90. The summed E-state index contributed by atoms with van der Waals surface area (Å²) >= 11 is 1.98. The Hall–Kier alpha value is -0.330. The van der Waals surface area contributed by atoms with E-state index in [4.69, 9.17) is 13.5 Å². The van der Waals surface area contributed by atoms with Crippen molar-refractivity contribution in [2.75, 3.05) is 13.2 Å². The number of ether oxygens (including phenoxy) is 1. The van der Waals surface area contributed by atoms with E-state index >= 15 is 0 Å². The number of hydrogen-bond donors (Lipinski definition) is 1. The molecule has 0 aliphatic carbocycles. The molecule has 0 saturated heterocycles. The van der Waals surface area contributed by atoms with Crippen molar-refractivity contribution in [3.05, 3.63) is 29.8 Å². The lowest BCUT2D eigenvalue weighted by atomic mass is 9.99. The standard InChI is InChI=1S/C15H24INO2/c1-3-15(4-2,19-16)12-18-14-9-5-7-13(11-14)8-6-10-17/h5,7,9,11H,3-4,6,8,10,12,17H2,1-2H3. The first-order chi connectivity index (χ1) is 9.19. The summed E-state index contributed by atoms with van der Waals surface area (Å²) < 4.78 is 11.5. The van der Waals surface area contributed by atoms with Crippen molar-refractivity contribution >= 4 is 23.0 Å². The van der Waals surface area contributed by atoms with Crippen LogP contribution in [0.4, 0.5) is 0 Å². The van der Waals surface area contributed by atoms with E-state index in [9.17, 15) is 0 Å². The second kappa shape index (κ2) is 8.76. The molecular formula is C15H24INO2. The highest BCUT2D eigenvalue weighted by Crippen LogP contribution is 2.25. The highest BCUT2D eigenvalue weighted by atomic mass is 127. The summed E-state index contributed by atoms with van der Waals surface area (Å²) in [6.45, 7) is 5.57. The number of nitrogens with two attached hydrogens (primary N) is 1. The van der Waals surface area contributed by atoms with Crippen LogP contribution in [0.15, 0.2) is 24.3 Å². The van der Waals surface area contributed by atoms with Crippen LogP contribution in [0.3, 0.4) is 0 Å². The quantitative estimate of drug-likeness (QED) is 0.665. The largest absolute Gasteiger partial charge is 0.491 e. The van der Waals surface area contributed by atoms with E-state index in [-0.39, 0.29) is 5.60 Å². The van der Waals surface area contributed by atoms with E-state index < -0.39 is 0 Å². The van der Waals surface area contributed by atoms with Gasteiger partial charge in [-0.15, -0.1) is 0 Å². The van der Waals surface area contributed by atoms with E-state index in [2.05, 4.69) is 26.0 Å². The molecule has 0 amide bonds. The number of hydrogen-bond acceptors (Lipinski definition) is 3. The van der Waals surface area contributed by atoms with Crippen LogP contribution in [0.2, 0.25) is 0 Å². The van der Waals surface area contributed by atoms with E-state index in [0.717, 1.165) is 38.0 Å². The van der Waals surface area contributed by atoms with Crippen LogP contribution in [0.25, 0.3) is 0 Å². The minimum absolute atomic E-state index is 0.187. The SMILES string of the molecule is CCC(CC)(COc1cccc(CCCN)c1)OI. The Kier molecular flexibility index (Phi) is 7.71. The lowest BCUT2D eigenvalue weighted by Crippen LogP contribution is -2.35. The normalized spacial score (nSPS) is 11.6. The van der Waals surface area contributed by atoms with E-state index in [1.165, 1.54) is 5.56 Å². The zero-order valence-electron chi connectivity index (χ0n) is 11.8. The summed E-state index contributed by atoms with van der Waals surface area (Å²) in [6, 6.07) is 8.24. The Morgan fingerprint density at radius 2 is 2.00 bits per heavy atom. The van der Waals surface area contributed by atoms with Crippen molar-refractivity contribution in [3.8, 4) is 5.75 Å². The van der Waals surface area contributed by atoms with Gasteiger partial charge in [-0.25, -0.2) is 0 Å². The van der Waals surface area contributed by atoms with Crippen molar-refractivity contribution < 1.29 is 7.80 Å². The van der Waals surface area contributed by atoms with Gasteiger partial charge in [0.1, 0.15) is 41.0 Å². The Morgan fingerprint density at radius 1 is 1.26 bits per heavy atom. The maximum atomic E-state index is 5.90. The molecule has 1 aromatic carbocycles. The van der Waals surface area contributed by atoms with Crippen LogP contribution in [0.1, 0.15) is 38.7 Å². The number of rotatable bonds is 9. The first-order valence-corrected chi connectivity index (χ1v) is 7.79. The molecule has 19 heavy (non-hydrogen) atoms. The number of halogens is 1. The number of benzene rings is 1. The summed E-state index contributed by atoms with van der Waals surface area (Å²) in [5.74, 6) is 0.911. The highest BCUT2D eigenvalue weighted by molar-refractivity contribution is 14.1. The molecule has 3 nitrogen and oxygen atoms in total. The van der Waals surface area contributed by atoms with Crippen LogP contribution in [-0.4, -0.2) is 18.8 Å². The summed E-state index contributed by atoms with van der Waals surface area (Å²) in [5, 5.41) is 0. The summed E-state index contributed by atoms with van der Waals surface area (Å²) in [5.41, 5.74) is 6.62. The first-order valence-electron chi connectivity index (χ1n) is 6.91. The van der Waals surface area contributed by atoms with Gasteiger partial charge >= 0.3 is 0 Å². The minimum atomic E-state index is -0.187. The van der Waals surface area contributed by atoms with Crippen LogP contribution >= 0.6 is 23.0 Å². The Labute approximate surface area is 130 Å². The summed E-state index contributed by atoms with van der Waals surface area (Å²) in [6.07, 6.45) is 3.90. The lowest BCUT2D eigenvalue weighted by Gasteiger charge is -2.28. The minimum Gasteiger partial charge on any atom is -0.491 e. The molecule has 0 fully saturated rings. The second-order valence-electron chi connectivity index (χ2n) is 4.80. The van der Waals surface area contributed by atoms with Crippen LogP contribution in [-0.2, 0) is 9.49 Å². The van der Waals surface area contributed by atoms with Gasteiger partial charge in [0, 0.05) is 0 Å². The molecule has 0 aromatic heterocycles. The average Bonchev–Trinajstić information content (AvgIpc) is 2.47. The molecule has 0 radical (unpaired) electrons. The van der Waals surface area contributed by atoms with Gasteiger partial charge in [0.25, 0.3) is 0 Å². The molecule has 0 aliphatic rings. The zero-order chi connectivity index (χ0) is 14.1. The molecule has 1 aromatic rings. The van der Waals surface area contributed by atoms with Gasteiger partial charge in [-0.1, -0.05) is 26.0 Å². The predicted octanol–water partition coefficient (Wildman–Crippen LogP) is 3.88. The van der Waals surface area contributed by atoms with Gasteiger partial charge in [-0.05, 0) is 49.9 Å². The van der Waals surface area contributed by atoms with Crippen molar-refractivity contribution in [1.82, 2.24) is 0 Å². The third-order valence-electron chi connectivity index (χ3n) is 3.52. The Bertz CT molecular complexity index is 359. The number of aryl methyl sites for hydroxylation is 1. The lowest BCUT2D eigenvalue weighted by molar-refractivity contribution is 0.0513. The van der Waals surface area contributed by atoms with Crippen LogP contribution < -0.4 is 10.5 Å². The fourth-order valence-corrected chi connectivity index (χ4v) is 2.65. The van der Waals surface area contributed by atoms with E-state index in [1.54, 1.807) is 0 Å². The summed E-state index contributed by atoms with van der Waals surface area (Å²) in [4.78, 5) is 0. The fraction of sp³-hybridized carbons (Fsp3) is 0.600. The van der Waals surface area contributed by atoms with Gasteiger partial charge in [-0.2, -0.15) is 0 Å². The van der Waals surface area contributed by atoms with Crippen molar-refractivity contribution in [2.45, 2.75) is 45.1 Å². The maximum Gasteiger partial charge on any atom is 0.119 e. The summed E-state index contributed by atoms with van der Waals surface area (Å²) in [7, 11) is 0. The van der Waals surface area contributed by atoms with Gasteiger partial charge in [0.2, 0.25) is 0 Å². The molecular weight excluding hydrogens is 353 g/mol. The van der Waals surface area contributed by atoms with Crippen LogP contribution in [0, 0.1) is 0 Å². The van der Waals surface area contributed by atoms with Gasteiger partial charge in [0.05, 0.1) is 0 Å². The average molecular weight is 377 g/mol. The van der Waals surface area contributed by atoms with E-state index in [0.29, 0.717) is 6.61 Å². The zero-order valence-corrected chi connectivity index (χ0v) is 14.0. The molecule has 0 aliphatic heterocycles. The second-order valence-corrected chi connectivity index (χ2v) is 5.24. The molecule has 1 rings (SSSR count). The van der Waals surface area contributed by atoms with Gasteiger partial charge < -0.3 is 13.5 Å². The first kappa shape index (κ1) is 16.7. The molecule has 0 unspecified atom stereocenters. The van der Waals surface area contributed by atoms with Gasteiger partial charge in [0.15, 0.2) is 0 Å². The molecule has 0 heterocycles. The van der Waals surface area contributed by atoms with E-state index in [1.807, 2.05) is 35.1 Å². The molecule has 0 saturated carbocycles. The third-order valence-corrected chi connectivity index (χ3v) is 4.46. The Morgan fingerprint density at radius 3 is 2.58 bits per heavy atom. The van der Waals surface area contributed by atoms with Gasteiger partial charge in [-0.3, -0.25) is 0 Å². The molecule has 4 heteroatoms.